The predicted octanol–water partition coefficient (Wildman–Crippen LogP) is 6.04. The van der Waals surface area contributed by atoms with E-state index in [-0.39, 0.29) is 29.5 Å². The molecule has 0 radical (unpaired) electrons. The average molecular weight is 551 g/mol. The van der Waals surface area contributed by atoms with E-state index in [1.54, 1.807) is 16.9 Å². The number of benzene rings is 3. The van der Waals surface area contributed by atoms with Gasteiger partial charge in [-0.05, 0) is 47.2 Å². The van der Waals surface area contributed by atoms with E-state index in [9.17, 15) is 14.9 Å². The summed E-state index contributed by atoms with van der Waals surface area (Å²) >= 11 is 0. The smallest absolute Gasteiger partial charge is 0.269 e. The fourth-order valence-electron chi connectivity index (χ4n) is 5.49. The number of para-hydroxylation sites is 2. The lowest BCUT2D eigenvalue weighted by Crippen LogP contribution is -2.31. The van der Waals surface area contributed by atoms with Crippen LogP contribution in [0.5, 0.6) is 5.75 Å². The normalized spacial score (nSPS) is 17.5. The summed E-state index contributed by atoms with van der Waals surface area (Å²) < 4.78 is 7.59. The summed E-state index contributed by atoms with van der Waals surface area (Å²) in [6, 6.07) is 21.9. The lowest BCUT2D eigenvalue weighted by molar-refractivity contribution is -0.384. The number of non-ortho nitro benzene ring substituents is 1. The van der Waals surface area contributed by atoms with E-state index in [1.807, 2.05) is 54.6 Å². The summed E-state index contributed by atoms with van der Waals surface area (Å²) in [6.07, 6.45) is 3.06. The van der Waals surface area contributed by atoms with Gasteiger partial charge < -0.3 is 15.4 Å². The molecule has 4 aromatic rings. The molecule has 1 aliphatic heterocycles. The van der Waals surface area contributed by atoms with Crippen LogP contribution in [0, 0.1) is 15.5 Å². The lowest BCUT2D eigenvalue weighted by atomic mass is 9.73. The van der Waals surface area contributed by atoms with Crippen LogP contribution in [-0.2, 0) is 17.9 Å². The topological polar surface area (TPSA) is 124 Å². The number of ketones is 1. The van der Waals surface area contributed by atoms with Gasteiger partial charge in [0.25, 0.3) is 5.69 Å². The van der Waals surface area contributed by atoms with Gasteiger partial charge in [-0.1, -0.05) is 55.5 Å². The third-order valence-electron chi connectivity index (χ3n) is 7.37. The van der Waals surface area contributed by atoms with Crippen LogP contribution in [0.1, 0.15) is 49.6 Å². The molecule has 1 aliphatic carbocycles. The molecule has 6 rings (SSSR count). The molecule has 10 nitrogen and oxygen atoms in total. The monoisotopic (exact) mass is 550 g/mol. The molecule has 0 spiro atoms. The number of anilines is 2. The highest BCUT2D eigenvalue weighted by Crippen LogP contribution is 2.45. The van der Waals surface area contributed by atoms with Gasteiger partial charge in [0.05, 0.1) is 35.1 Å². The van der Waals surface area contributed by atoms with Gasteiger partial charge in [0.15, 0.2) is 5.78 Å². The average Bonchev–Trinajstić information content (AvgIpc) is 3.31. The Balaban J connectivity index is 1.16. The molecule has 0 saturated heterocycles. The van der Waals surface area contributed by atoms with Crippen molar-refractivity contribution < 1.29 is 14.5 Å². The summed E-state index contributed by atoms with van der Waals surface area (Å²) in [5.41, 5.74) is 5.98. The Morgan fingerprint density at radius 2 is 1.83 bits per heavy atom. The molecule has 3 aromatic carbocycles. The Hall–Kier alpha value is -4.99. The number of nitrogens with zero attached hydrogens (tertiary/aromatic N) is 4. The third kappa shape index (κ3) is 5.67. The predicted molar refractivity (Wildman–Crippen MR) is 154 cm³/mol. The maximum Gasteiger partial charge on any atom is 0.269 e. The quantitative estimate of drug-likeness (QED) is 0.211. The first-order valence-corrected chi connectivity index (χ1v) is 13.5. The second-order valence-electron chi connectivity index (χ2n) is 11.3. The van der Waals surface area contributed by atoms with E-state index in [0.717, 1.165) is 40.2 Å². The van der Waals surface area contributed by atoms with Crippen molar-refractivity contribution in [1.82, 2.24) is 15.0 Å². The number of fused-ring (bicyclic) bond motifs is 1. The van der Waals surface area contributed by atoms with Gasteiger partial charge in [0, 0.05) is 29.8 Å². The molecular formula is C31H30N6O4. The first-order valence-electron chi connectivity index (χ1n) is 13.5. The minimum atomic E-state index is -0.416. The number of Topliss-reactive ketones (excluding diaryl/α,β-unsaturated/α-hetero) is 1. The zero-order valence-corrected chi connectivity index (χ0v) is 22.8. The molecule has 1 atom stereocenters. The highest BCUT2D eigenvalue weighted by Gasteiger charge is 2.38. The van der Waals surface area contributed by atoms with Crippen molar-refractivity contribution in [3.05, 3.63) is 117 Å². The number of carbonyl (C=O) groups is 1. The molecular weight excluding hydrogens is 520 g/mol. The Bertz CT molecular complexity index is 1660. The lowest BCUT2D eigenvalue weighted by Gasteiger charge is -2.34. The van der Waals surface area contributed by atoms with Gasteiger partial charge >= 0.3 is 0 Å². The van der Waals surface area contributed by atoms with Crippen molar-refractivity contribution >= 4 is 22.8 Å². The number of nitro groups is 1. The maximum absolute atomic E-state index is 13.4. The van der Waals surface area contributed by atoms with Gasteiger partial charge in [-0.15, -0.1) is 5.10 Å². The van der Waals surface area contributed by atoms with Crippen LogP contribution in [0.25, 0.3) is 0 Å². The molecule has 2 heterocycles. The second-order valence-corrected chi connectivity index (χ2v) is 11.3. The van der Waals surface area contributed by atoms with Gasteiger partial charge in [-0.25, -0.2) is 4.68 Å². The van der Waals surface area contributed by atoms with Crippen LogP contribution in [0.2, 0.25) is 0 Å². The summed E-state index contributed by atoms with van der Waals surface area (Å²) in [7, 11) is 0. The second kappa shape index (κ2) is 10.5. The van der Waals surface area contributed by atoms with Gasteiger partial charge in [-0.3, -0.25) is 14.9 Å². The molecule has 0 fully saturated rings. The standard InChI is InChI=1S/C31H30N6O4/c1-31(2)15-27-29(28(38)16-31)30(33-26-9-4-3-8-25(26)32-27)21-10-12-24(13-11-21)41-19-22-18-36(35-34-22)17-20-6-5-7-23(14-20)37(39)40/h3-14,18,30,32-33H,15-17,19H2,1-2H3. The summed E-state index contributed by atoms with van der Waals surface area (Å²) in [5.74, 6) is 0.821. The van der Waals surface area contributed by atoms with Crippen molar-refractivity contribution in [3.63, 3.8) is 0 Å². The van der Waals surface area contributed by atoms with Gasteiger partial charge in [-0.2, -0.15) is 0 Å². The summed E-state index contributed by atoms with van der Waals surface area (Å²) in [6.45, 7) is 4.85. The Morgan fingerprint density at radius 3 is 2.61 bits per heavy atom. The van der Waals surface area contributed by atoms with E-state index in [2.05, 4.69) is 34.8 Å². The largest absolute Gasteiger partial charge is 0.487 e. The van der Waals surface area contributed by atoms with Crippen LogP contribution in [-0.4, -0.2) is 25.7 Å². The SMILES string of the molecule is CC1(C)CC(=O)C2=C(C1)Nc1ccccc1NC2c1ccc(OCc2cn(Cc3cccc([N+](=O)[O-])c3)nn2)cc1. The minimum Gasteiger partial charge on any atom is -0.487 e. The van der Waals surface area contributed by atoms with Crippen molar-refractivity contribution in [2.75, 3.05) is 10.6 Å². The van der Waals surface area contributed by atoms with Crippen molar-refractivity contribution in [1.29, 1.82) is 0 Å². The third-order valence-corrected chi connectivity index (χ3v) is 7.37. The van der Waals surface area contributed by atoms with Crippen molar-refractivity contribution in [3.8, 4) is 5.75 Å². The molecule has 2 N–H and O–H groups in total. The van der Waals surface area contributed by atoms with E-state index in [1.165, 1.54) is 12.1 Å². The van der Waals surface area contributed by atoms with Crippen LogP contribution in [0.15, 0.2) is 90.3 Å². The van der Waals surface area contributed by atoms with E-state index in [0.29, 0.717) is 24.4 Å². The molecule has 0 bridgehead atoms. The van der Waals surface area contributed by atoms with Crippen LogP contribution < -0.4 is 15.4 Å². The van der Waals surface area contributed by atoms with Crippen LogP contribution in [0.3, 0.4) is 0 Å². The van der Waals surface area contributed by atoms with Crippen LogP contribution in [0.4, 0.5) is 17.1 Å². The van der Waals surface area contributed by atoms with Crippen molar-refractivity contribution in [2.45, 2.75) is 45.9 Å². The van der Waals surface area contributed by atoms with E-state index in [4.69, 9.17) is 4.74 Å². The first kappa shape index (κ1) is 26.2. The number of ether oxygens (including phenoxy) is 1. The van der Waals surface area contributed by atoms with Gasteiger partial charge in [0.1, 0.15) is 18.1 Å². The highest BCUT2D eigenvalue weighted by atomic mass is 16.6. The minimum absolute atomic E-state index is 0.0401. The number of nitrogens with one attached hydrogen (secondary N) is 2. The zero-order valence-electron chi connectivity index (χ0n) is 22.8. The number of nitro benzene ring substituents is 1. The van der Waals surface area contributed by atoms with Crippen molar-refractivity contribution in [2.24, 2.45) is 5.41 Å². The maximum atomic E-state index is 13.4. The zero-order chi connectivity index (χ0) is 28.6. The number of hydrogen-bond acceptors (Lipinski definition) is 8. The number of hydrogen-bond donors (Lipinski definition) is 2. The Kier molecular flexibility index (Phi) is 6.74. The fourth-order valence-corrected chi connectivity index (χ4v) is 5.49. The molecule has 208 valence electrons. The summed E-state index contributed by atoms with van der Waals surface area (Å²) in [5, 5.41) is 26.5. The Morgan fingerprint density at radius 1 is 1.05 bits per heavy atom. The molecule has 41 heavy (non-hydrogen) atoms. The number of aromatic nitrogens is 3. The number of rotatable bonds is 7. The number of allylic oxidation sites excluding steroid dienone is 1. The first-order chi connectivity index (χ1) is 19.7. The molecule has 10 heteroatoms. The molecule has 0 saturated carbocycles. The van der Waals surface area contributed by atoms with Gasteiger partial charge in [0.2, 0.25) is 0 Å². The van der Waals surface area contributed by atoms with E-state index < -0.39 is 4.92 Å². The fraction of sp³-hybridized carbons (Fsp3) is 0.258. The molecule has 1 aromatic heterocycles. The molecule has 1 unspecified atom stereocenters. The highest BCUT2D eigenvalue weighted by molar-refractivity contribution is 6.01. The molecule has 2 aliphatic rings. The van der Waals surface area contributed by atoms with Crippen LogP contribution >= 0.6 is 0 Å². The van der Waals surface area contributed by atoms with E-state index >= 15 is 0 Å². The Labute approximate surface area is 237 Å². The molecule has 0 amide bonds. The summed E-state index contributed by atoms with van der Waals surface area (Å²) in [4.78, 5) is 24.0. The number of carbonyl (C=O) groups excluding carboxylic acids is 1.